The van der Waals surface area contributed by atoms with Crippen LogP contribution in [-0.2, 0) is 4.43 Å². The van der Waals surface area contributed by atoms with Crippen LogP contribution in [0.2, 0.25) is 18.1 Å². The third-order valence-corrected chi connectivity index (χ3v) is 7.73. The van der Waals surface area contributed by atoms with Gasteiger partial charge in [-0.2, -0.15) is 0 Å². The highest BCUT2D eigenvalue weighted by Gasteiger charge is 2.36. The summed E-state index contributed by atoms with van der Waals surface area (Å²) >= 11 is 0. The standard InChI is InChI=1S/C11H26O2Si/c1-10(9-12)7-8-13-14(5,6)11(2,3)4/h10,12H,7-9H2,1-6H3. The van der Waals surface area contributed by atoms with Gasteiger partial charge < -0.3 is 9.53 Å². The molecule has 0 saturated heterocycles. The van der Waals surface area contributed by atoms with Gasteiger partial charge in [-0.05, 0) is 30.5 Å². The zero-order valence-electron chi connectivity index (χ0n) is 10.6. The van der Waals surface area contributed by atoms with Crippen molar-refractivity contribution in [1.82, 2.24) is 0 Å². The Hall–Kier alpha value is 0.137. The lowest BCUT2D eigenvalue weighted by Gasteiger charge is -2.36. The normalized spacial score (nSPS) is 15.6. The van der Waals surface area contributed by atoms with Gasteiger partial charge in [0.05, 0.1) is 0 Å². The van der Waals surface area contributed by atoms with Crippen molar-refractivity contribution >= 4 is 8.32 Å². The zero-order valence-corrected chi connectivity index (χ0v) is 11.6. The van der Waals surface area contributed by atoms with Gasteiger partial charge in [0.1, 0.15) is 0 Å². The first-order chi connectivity index (χ1) is 6.20. The van der Waals surface area contributed by atoms with Crippen LogP contribution in [0.3, 0.4) is 0 Å². The van der Waals surface area contributed by atoms with Gasteiger partial charge in [0, 0.05) is 13.2 Å². The molecule has 0 aliphatic carbocycles. The van der Waals surface area contributed by atoms with Crippen LogP contribution in [0.1, 0.15) is 34.1 Å². The predicted molar refractivity (Wildman–Crippen MR) is 64.0 cm³/mol. The van der Waals surface area contributed by atoms with E-state index < -0.39 is 8.32 Å². The third kappa shape index (κ3) is 4.58. The Kier molecular flexibility index (Phi) is 5.34. The fourth-order valence-electron chi connectivity index (χ4n) is 0.823. The highest BCUT2D eigenvalue weighted by Crippen LogP contribution is 2.36. The summed E-state index contributed by atoms with van der Waals surface area (Å²) in [7, 11) is -1.57. The lowest BCUT2D eigenvalue weighted by Crippen LogP contribution is -2.41. The second-order valence-electron chi connectivity index (χ2n) is 5.69. The molecule has 1 unspecified atom stereocenters. The van der Waals surface area contributed by atoms with E-state index in [9.17, 15) is 0 Å². The molecule has 2 nitrogen and oxygen atoms in total. The number of hydrogen-bond acceptors (Lipinski definition) is 2. The zero-order chi connectivity index (χ0) is 11.4. The summed E-state index contributed by atoms with van der Waals surface area (Å²) in [4.78, 5) is 0. The minimum absolute atomic E-state index is 0.265. The Balaban J connectivity index is 3.89. The van der Waals surface area contributed by atoms with E-state index in [1.54, 1.807) is 0 Å². The third-order valence-electron chi connectivity index (χ3n) is 3.19. The molecule has 0 aliphatic rings. The lowest BCUT2D eigenvalue weighted by molar-refractivity contribution is 0.195. The highest BCUT2D eigenvalue weighted by atomic mass is 28.4. The quantitative estimate of drug-likeness (QED) is 0.719. The molecular weight excluding hydrogens is 192 g/mol. The van der Waals surface area contributed by atoms with Gasteiger partial charge in [-0.1, -0.05) is 27.7 Å². The van der Waals surface area contributed by atoms with E-state index in [1.807, 2.05) is 0 Å². The van der Waals surface area contributed by atoms with Gasteiger partial charge in [-0.25, -0.2) is 0 Å². The molecule has 1 atom stereocenters. The molecule has 0 aromatic heterocycles. The van der Waals surface area contributed by atoms with Crippen LogP contribution in [0.4, 0.5) is 0 Å². The molecule has 14 heavy (non-hydrogen) atoms. The molecule has 86 valence electrons. The van der Waals surface area contributed by atoms with Crippen LogP contribution < -0.4 is 0 Å². The second kappa shape index (κ2) is 5.28. The van der Waals surface area contributed by atoms with Crippen molar-refractivity contribution in [2.45, 2.75) is 52.2 Å². The molecule has 0 rings (SSSR count). The Morgan fingerprint density at radius 2 is 1.79 bits per heavy atom. The Labute approximate surface area is 89.8 Å². The summed E-state index contributed by atoms with van der Waals surface area (Å²) in [5.41, 5.74) is 0. The summed E-state index contributed by atoms with van der Waals surface area (Å²) in [6.07, 6.45) is 0.961. The maximum atomic E-state index is 8.88. The van der Waals surface area contributed by atoms with Crippen LogP contribution in [-0.4, -0.2) is 26.6 Å². The fraction of sp³-hybridized carbons (Fsp3) is 1.00. The van der Waals surface area contributed by atoms with Crippen molar-refractivity contribution in [3.05, 3.63) is 0 Å². The average molecular weight is 218 g/mol. The van der Waals surface area contributed by atoms with Crippen LogP contribution in [0.15, 0.2) is 0 Å². The van der Waals surface area contributed by atoms with E-state index in [-0.39, 0.29) is 11.6 Å². The molecule has 0 heterocycles. The van der Waals surface area contributed by atoms with E-state index in [0.717, 1.165) is 13.0 Å². The monoisotopic (exact) mass is 218 g/mol. The number of rotatable bonds is 5. The van der Waals surface area contributed by atoms with Crippen LogP contribution in [0.5, 0.6) is 0 Å². The maximum absolute atomic E-state index is 8.88. The van der Waals surface area contributed by atoms with Crippen molar-refractivity contribution in [1.29, 1.82) is 0 Å². The van der Waals surface area contributed by atoms with Crippen LogP contribution in [0, 0.1) is 5.92 Å². The summed E-state index contributed by atoms with van der Waals surface area (Å²) in [6, 6.07) is 0. The van der Waals surface area contributed by atoms with E-state index in [1.165, 1.54) is 0 Å². The summed E-state index contributed by atoms with van der Waals surface area (Å²) in [5.74, 6) is 0.361. The molecule has 1 N–H and O–H groups in total. The molecule has 0 aliphatic heterocycles. The molecule has 0 fully saturated rings. The summed E-state index contributed by atoms with van der Waals surface area (Å²) in [6.45, 7) is 14.4. The van der Waals surface area contributed by atoms with E-state index in [0.29, 0.717) is 5.92 Å². The lowest BCUT2D eigenvalue weighted by atomic mass is 10.1. The van der Waals surface area contributed by atoms with Crippen LogP contribution >= 0.6 is 0 Å². The molecule has 0 radical (unpaired) electrons. The Morgan fingerprint density at radius 3 is 2.14 bits per heavy atom. The summed E-state index contributed by atoms with van der Waals surface area (Å²) < 4.78 is 5.99. The van der Waals surface area contributed by atoms with Gasteiger partial charge in [0.15, 0.2) is 8.32 Å². The average Bonchev–Trinajstić information content (AvgIpc) is 2.01. The van der Waals surface area contributed by atoms with Gasteiger partial charge in [0.2, 0.25) is 0 Å². The Morgan fingerprint density at radius 1 is 1.29 bits per heavy atom. The van der Waals surface area contributed by atoms with Gasteiger partial charge >= 0.3 is 0 Å². The molecule has 3 heteroatoms. The Bertz CT molecular complexity index is 161. The molecule has 0 aromatic carbocycles. The second-order valence-corrected chi connectivity index (χ2v) is 10.5. The molecule has 0 aromatic rings. The topological polar surface area (TPSA) is 29.5 Å². The van der Waals surface area contributed by atoms with Crippen molar-refractivity contribution in [3.63, 3.8) is 0 Å². The first kappa shape index (κ1) is 14.1. The molecule has 0 saturated carbocycles. The minimum atomic E-state index is -1.57. The van der Waals surface area contributed by atoms with Gasteiger partial charge in [0.25, 0.3) is 0 Å². The highest BCUT2D eigenvalue weighted by molar-refractivity contribution is 6.74. The van der Waals surface area contributed by atoms with E-state index in [2.05, 4.69) is 40.8 Å². The van der Waals surface area contributed by atoms with Crippen molar-refractivity contribution < 1.29 is 9.53 Å². The summed E-state index contributed by atoms with van der Waals surface area (Å²) in [5, 5.41) is 9.17. The number of hydrogen-bond donors (Lipinski definition) is 1. The van der Waals surface area contributed by atoms with Crippen molar-refractivity contribution in [2.75, 3.05) is 13.2 Å². The van der Waals surface area contributed by atoms with Crippen molar-refractivity contribution in [3.8, 4) is 0 Å². The predicted octanol–water partition coefficient (Wildman–Crippen LogP) is 3.03. The number of aliphatic hydroxyl groups is 1. The number of aliphatic hydroxyl groups excluding tert-OH is 1. The SMILES string of the molecule is CC(CO)CCO[Si](C)(C)C(C)(C)C. The smallest absolute Gasteiger partial charge is 0.191 e. The molecular formula is C11H26O2Si. The van der Waals surface area contributed by atoms with Gasteiger partial charge in [-0.3, -0.25) is 0 Å². The fourth-order valence-corrected chi connectivity index (χ4v) is 1.88. The maximum Gasteiger partial charge on any atom is 0.191 e. The van der Waals surface area contributed by atoms with E-state index in [4.69, 9.17) is 9.53 Å². The first-order valence-electron chi connectivity index (χ1n) is 5.45. The minimum Gasteiger partial charge on any atom is -0.417 e. The van der Waals surface area contributed by atoms with E-state index >= 15 is 0 Å². The molecule has 0 spiro atoms. The first-order valence-corrected chi connectivity index (χ1v) is 8.36. The van der Waals surface area contributed by atoms with Gasteiger partial charge in [-0.15, -0.1) is 0 Å². The molecule has 0 bridgehead atoms. The largest absolute Gasteiger partial charge is 0.417 e. The van der Waals surface area contributed by atoms with Crippen molar-refractivity contribution in [2.24, 2.45) is 5.92 Å². The van der Waals surface area contributed by atoms with Crippen LogP contribution in [0.25, 0.3) is 0 Å². The molecule has 0 amide bonds.